The van der Waals surface area contributed by atoms with Crippen LogP contribution in [0.3, 0.4) is 0 Å². The van der Waals surface area contributed by atoms with Gasteiger partial charge < -0.3 is 10.2 Å². The third-order valence-corrected chi connectivity index (χ3v) is 6.38. The Morgan fingerprint density at radius 2 is 1.67 bits per heavy atom. The van der Waals surface area contributed by atoms with E-state index in [1.54, 1.807) is 0 Å². The Balaban J connectivity index is 1.49. The Hall–Kier alpha value is -0.0800. The Bertz CT molecular complexity index is 290. The average Bonchev–Trinajstić information content (AvgIpc) is 2.76. The second kappa shape index (κ2) is 7.97. The summed E-state index contributed by atoms with van der Waals surface area (Å²) in [6, 6.07) is 0.787. The van der Waals surface area contributed by atoms with Gasteiger partial charge in [0.15, 0.2) is 0 Å². The molecule has 2 saturated carbocycles. The Morgan fingerprint density at radius 3 is 2.43 bits per heavy atom. The second-order valence-electron chi connectivity index (χ2n) is 8.20. The van der Waals surface area contributed by atoms with Crippen molar-refractivity contribution in [2.75, 3.05) is 26.2 Å². The SMILES string of the molecule is CC1CCC(CN2CCCNC(C3CCCCC3)C2)CC1. The topological polar surface area (TPSA) is 15.3 Å². The molecule has 0 aromatic heterocycles. The molecule has 0 bridgehead atoms. The van der Waals surface area contributed by atoms with Crippen LogP contribution in [0.15, 0.2) is 0 Å². The van der Waals surface area contributed by atoms with Crippen LogP contribution in [0.2, 0.25) is 0 Å². The molecule has 0 aromatic rings. The molecule has 0 radical (unpaired) electrons. The van der Waals surface area contributed by atoms with Crippen LogP contribution in [0.25, 0.3) is 0 Å². The number of hydrogen-bond donors (Lipinski definition) is 1. The molecule has 2 aliphatic carbocycles. The first-order chi connectivity index (χ1) is 10.3. The zero-order valence-electron chi connectivity index (χ0n) is 14.2. The molecular formula is C19H36N2. The standard InChI is InChI=1S/C19H36N2/c1-16-8-10-17(11-9-16)14-21-13-5-12-20-19(15-21)18-6-3-2-4-7-18/h16-20H,2-15H2,1H3. The zero-order valence-corrected chi connectivity index (χ0v) is 14.2. The van der Waals surface area contributed by atoms with E-state index in [1.165, 1.54) is 90.4 Å². The second-order valence-corrected chi connectivity index (χ2v) is 8.20. The summed E-state index contributed by atoms with van der Waals surface area (Å²) in [5.74, 6) is 2.94. The highest BCUT2D eigenvalue weighted by Crippen LogP contribution is 2.30. The summed E-state index contributed by atoms with van der Waals surface area (Å²) in [6.45, 7) is 7.74. The summed E-state index contributed by atoms with van der Waals surface area (Å²) in [4.78, 5) is 2.82. The van der Waals surface area contributed by atoms with Gasteiger partial charge in [0.1, 0.15) is 0 Å². The van der Waals surface area contributed by atoms with Crippen LogP contribution in [0, 0.1) is 17.8 Å². The molecule has 1 unspecified atom stereocenters. The van der Waals surface area contributed by atoms with E-state index in [0.29, 0.717) is 0 Å². The lowest BCUT2D eigenvalue weighted by Gasteiger charge is -2.35. The normalized spacial score (nSPS) is 37.3. The fourth-order valence-electron chi connectivity index (χ4n) is 4.92. The fourth-order valence-corrected chi connectivity index (χ4v) is 4.92. The first-order valence-electron chi connectivity index (χ1n) is 9.77. The quantitative estimate of drug-likeness (QED) is 0.844. The van der Waals surface area contributed by atoms with E-state index in [9.17, 15) is 0 Å². The molecule has 0 amide bonds. The van der Waals surface area contributed by atoms with Gasteiger partial charge in [-0.15, -0.1) is 0 Å². The molecule has 1 aliphatic heterocycles. The van der Waals surface area contributed by atoms with Crippen LogP contribution >= 0.6 is 0 Å². The highest BCUT2D eigenvalue weighted by molar-refractivity contribution is 4.85. The van der Waals surface area contributed by atoms with Crippen molar-refractivity contribution in [3.8, 4) is 0 Å². The predicted octanol–water partition coefficient (Wildman–Crippen LogP) is 4.06. The maximum Gasteiger partial charge on any atom is 0.0223 e. The Morgan fingerprint density at radius 1 is 0.905 bits per heavy atom. The van der Waals surface area contributed by atoms with Gasteiger partial charge in [-0.25, -0.2) is 0 Å². The van der Waals surface area contributed by atoms with E-state index in [-0.39, 0.29) is 0 Å². The summed E-state index contributed by atoms with van der Waals surface area (Å²) in [5.41, 5.74) is 0. The smallest absolute Gasteiger partial charge is 0.0223 e. The lowest BCUT2D eigenvalue weighted by atomic mass is 9.82. The van der Waals surface area contributed by atoms with Crippen molar-refractivity contribution in [1.29, 1.82) is 0 Å². The number of nitrogens with zero attached hydrogens (tertiary/aromatic N) is 1. The minimum atomic E-state index is 0.787. The van der Waals surface area contributed by atoms with Crippen LogP contribution in [-0.4, -0.2) is 37.1 Å². The van der Waals surface area contributed by atoms with Crippen LogP contribution < -0.4 is 5.32 Å². The van der Waals surface area contributed by atoms with Crippen molar-refractivity contribution in [1.82, 2.24) is 10.2 Å². The molecule has 1 atom stereocenters. The summed E-state index contributed by atoms with van der Waals surface area (Å²) in [7, 11) is 0. The maximum absolute atomic E-state index is 3.88. The van der Waals surface area contributed by atoms with Gasteiger partial charge in [0.25, 0.3) is 0 Å². The van der Waals surface area contributed by atoms with Crippen molar-refractivity contribution < 1.29 is 0 Å². The van der Waals surface area contributed by atoms with Crippen molar-refractivity contribution in [3.05, 3.63) is 0 Å². The first kappa shape index (κ1) is 15.8. The predicted molar refractivity (Wildman–Crippen MR) is 90.5 cm³/mol. The molecule has 1 heterocycles. The van der Waals surface area contributed by atoms with Crippen LogP contribution in [0.4, 0.5) is 0 Å². The van der Waals surface area contributed by atoms with Crippen molar-refractivity contribution >= 4 is 0 Å². The van der Waals surface area contributed by atoms with Crippen molar-refractivity contribution in [2.45, 2.75) is 77.2 Å². The van der Waals surface area contributed by atoms with E-state index in [4.69, 9.17) is 0 Å². The van der Waals surface area contributed by atoms with E-state index >= 15 is 0 Å². The molecule has 3 fully saturated rings. The molecule has 0 aromatic carbocycles. The maximum atomic E-state index is 3.88. The first-order valence-corrected chi connectivity index (χ1v) is 9.77. The molecule has 21 heavy (non-hydrogen) atoms. The highest BCUT2D eigenvalue weighted by atomic mass is 15.2. The minimum Gasteiger partial charge on any atom is -0.312 e. The molecule has 1 N–H and O–H groups in total. The zero-order chi connectivity index (χ0) is 14.5. The highest BCUT2D eigenvalue weighted by Gasteiger charge is 2.28. The third-order valence-electron chi connectivity index (χ3n) is 6.38. The van der Waals surface area contributed by atoms with Gasteiger partial charge in [0, 0.05) is 19.1 Å². The molecule has 3 aliphatic rings. The minimum absolute atomic E-state index is 0.787. The molecule has 3 rings (SSSR count). The van der Waals surface area contributed by atoms with Gasteiger partial charge in [0.05, 0.1) is 0 Å². The van der Waals surface area contributed by atoms with Gasteiger partial charge in [-0.3, -0.25) is 0 Å². The number of nitrogens with one attached hydrogen (secondary N) is 1. The van der Waals surface area contributed by atoms with Gasteiger partial charge in [-0.1, -0.05) is 39.0 Å². The summed E-state index contributed by atoms with van der Waals surface area (Å²) < 4.78 is 0. The van der Waals surface area contributed by atoms with E-state index < -0.39 is 0 Å². The largest absolute Gasteiger partial charge is 0.312 e. The Labute approximate surface area is 132 Å². The Kier molecular flexibility index (Phi) is 5.99. The van der Waals surface area contributed by atoms with E-state index in [2.05, 4.69) is 17.1 Å². The van der Waals surface area contributed by atoms with Gasteiger partial charge in [0.2, 0.25) is 0 Å². The van der Waals surface area contributed by atoms with Crippen LogP contribution in [0.1, 0.15) is 71.1 Å². The van der Waals surface area contributed by atoms with Crippen molar-refractivity contribution in [2.24, 2.45) is 17.8 Å². The van der Waals surface area contributed by atoms with Crippen molar-refractivity contribution in [3.63, 3.8) is 0 Å². The molecule has 122 valence electrons. The van der Waals surface area contributed by atoms with Gasteiger partial charge in [-0.05, 0) is 62.9 Å². The molecule has 1 saturated heterocycles. The fraction of sp³-hybridized carbons (Fsp3) is 1.00. The third kappa shape index (κ3) is 4.69. The number of rotatable bonds is 3. The molecule has 2 heteroatoms. The molecule has 2 nitrogen and oxygen atoms in total. The number of hydrogen-bond acceptors (Lipinski definition) is 2. The lowest BCUT2D eigenvalue weighted by molar-refractivity contribution is 0.161. The molecule has 0 spiro atoms. The van der Waals surface area contributed by atoms with E-state index in [0.717, 1.165) is 23.8 Å². The van der Waals surface area contributed by atoms with E-state index in [1.807, 2.05) is 0 Å². The summed E-state index contributed by atoms with van der Waals surface area (Å²) in [6.07, 6.45) is 14.7. The van der Waals surface area contributed by atoms with Crippen LogP contribution in [0.5, 0.6) is 0 Å². The monoisotopic (exact) mass is 292 g/mol. The summed E-state index contributed by atoms with van der Waals surface area (Å²) in [5, 5.41) is 3.88. The molecular weight excluding hydrogens is 256 g/mol. The van der Waals surface area contributed by atoms with Crippen LogP contribution in [-0.2, 0) is 0 Å². The average molecular weight is 293 g/mol. The summed E-state index contributed by atoms with van der Waals surface area (Å²) >= 11 is 0. The lowest BCUT2D eigenvalue weighted by Crippen LogP contribution is -2.44. The van der Waals surface area contributed by atoms with Gasteiger partial charge >= 0.3 is 0 Å². The van der Waals surface area contributed by atoms with Gasteiger partial charge in [-0.2, -0.15) is 0 Å².